The average Bonchev–Trinajstić information content (AvgIpc) is 3.26. The van der Waals surface area contributed by atoms with Crippen LogP contribution in [0.5, 0.6) is 17.2 Å². The molecule has 1 N–H and O–H groups in total. The van der Waals surface area contributed by atoms with E-state index < -0.39 is 5.54 Å². The third-order valence-corrected chi connectivity index (χ3v) is 8.46. The van der Waals surface area contributed by atoms with Crippen molar-refractivity contribution in [3.8, 4) is 17.2 Å². The second-order valence-electron chi connectivity index (χ2n) is 10.5. The first-order chi connectivity index (χ1) is 20.5. The van der Waals surface area contributed by atoms with E-state index in [9.17, 15) is 9.90 Å². The molecule has 0 radical (unpaired) electrons. The molecule has 214 valence electrons. The number of fused-ring (bicyclic) bond motifs is 6. The molecule has 7 nitrogen and oxygen atoms in total. The molecule has 42 heavy (non-hydrogen) atoms. The van der Waals surface area contributed by atoms with Gasteiger partial charge in [0.2, 0.25) is 0 Å². The van der Waals surface area contributed by atoms with E-state index in [2.05, 4.69) is 73.9 Å². The Bertz CT molecular complexity index is 1590. The molecule has 0 fully saturated rings. The first-order valence-electron chi connectivity index (χ1n) is 14.7. The van der Waals surface area contributed by atoms with Crippen LogP contribution in [-0.4, -0.2) is 48.4 Å². The van der Waals surface area contributed by atoms with Gasteiger partial charge in [0.1, 0.15) is 22.8 Å². The van der Waals surface area contributed by atoms with Gasteiger partial charge >= 0.3 is 0 Å². The van der Waals surface area contributed by atoms with Gasteiger partial charge in [0.15, 0.2) is 0 Å². The molecule has 2 heterocycles. The summed E-state index contributed by atoms with van der Waals surface area (Å²) in [5.41, 5.74) is 5.07. The Balaban J connectivity index is 1.63. The van der Waals surface area contributed by atoms with Crippen molar-refractivity contribution in [1.82, 2.24) is 5.01 Å². The lowest BCUT2D eigenvalue weighted by Gasteiger charge is -2.42. The minimum atomic E-state index is -1.03. The van der Waals surface area contributed by atoms with Gasteiger partial charge in [-0.2, -0.15) is 5.10 Å². The van der Waals surface area contributed by atoms with Crippen LogP contribution in [0, 0.1) is 0 Å². The third-order valence-electron chi connectivity index (χ3n) is 8.46. The monoisotopic (exact) mass is 560 g/mol. The molecule has 6 rings (SSSR count). The third kappa shape index (κ3) is 4.19. The number of phenols is 1. The van der Waals surface area contributed by atoms with Crippen molar-refractivity contribution in [1.29, 1.82) is 0 Å². The highest BCUT2D eigenvalue weighted by Gasteiger charge is 2.57. The highest BCUT2D eigenvalue weighted by atomic mass is 16.5. The molecule has 0 atom stereocenters. The number of hydrogen-bond donors (Lipinski definition) is 1. The summed E-state index contributed by atoms with van der Waals surface area (Å²) >= 11 is 0. The molecule has 0 aromatic heterocycles. The highest BCUT2D eigenvalue weighted by Crippen LogP contribution is 2.58. The van der Waals surface area contributed by atoms with E-state index in [0.29, 0.717) is 17.1 Å². The van der Waals surface area contributed by atoms with Gasteiger partial charge in [0.25, 0.3) is 5.91 Å². The lowest BCUT2D eigenvalue weighted by molar-refractivity contribution is 0.0675. The number of ether oxygens (including phenoxy) is 1. The van der Waals surface area contributed by atoms with Crippen LogP contribution in [0.1, 0.15) is 60.3 Å². The molecule has 7 heteroatoms. The van der Waals surface area contributed by atoms with Gasteiger partial charge in [-0.15, -0.1) is 0 Å². The minimum Gasteiger partial charge on any atom is -0.508 e. The second kappa shape index (κ2) is 10.9. The molecular formula is C35H36N4O3. The van der Waals surface area contributed by atoms with Crippen molar-refractivity contribution < 1.29 is 14.6 Å². The molecular weight excluding hydrogens is 524 g/mol. The molecule has 4 aromatic rings. The van der Waals surface area contributed by atoms with Gasteiger partial charge in [-0.3, -0.25) is 4.79 Å². The van der Waals surface area contributed by atoms with Crippen molar-refractivity contribution in [2.24, 2.45) is 5.10 Å². The van der Waals surface area contributed by atoms with Crippen LogP contribution in [0.15, 0.2) is 90.0 Å². The van der Waals surface area contributed by atoms with E-state index in [1.165, 1.54) is 0 Å². The lowest BCUT2D eigenvalue weighted by Crippen LogP contribution is -2.44. The Kier molecular flexibility index (Phi) is 7.11. The fraction of sp³-hybridized carbons (Fsp3) is 0.257. The number of phenolic OH excluding ortho intramolecular Hbond substituents is 1. The molecule has 1 spiro atoms. The zero-order valence-corrected chi connectivity index (χ0v) is 24.5. The van der Waals surface area contributed by atoms with Crippen LogP contribution >= 0.6 is 0 Å². The normalized spacial score (nSPS) is 14.5. The SMILES string of the molecule is CCN(CC)c1ccc2c(c1)Oc1cc(N(CC)CC)ccc1C21c2ccccc2C(=O)N1/N=C/c1ccc(O)cc1. The molecule has 0 unspecified atom stereocenters. The molecule has 4 aromatic carbocycles. The summed E-state index contributed by atoms with van der Waals surface area (Å²) in [7, 11) is 0. The van der Waals surface area contributed by atoms with Gasteiger partial charge in [-0.25, -0.2) is 5.01 Å². The summed E-state index contributed by atoms with van der Waals surface area (Å²) in [4.78, 5) is 18.8. The van der Waals surface area contributed by atoms with Crippen LogP contribution in [0.4, 0.5) is 11.4 Å². The summed E-state index contributed by atoms with van der Waals surface area (Å²) in [6.07, 6.45) is 1.67. The average molecular weight is 561 g/mol. The van der Waals surface area contributed by atoms with Crippen LogP contribution in [-0.2, 0) is 5.54 Å². The van der Waals surface area contributed by atoms with Crippen molar-refractivity contribution in [2.45, 2.75) is 33.2 Å². The fourth-order valence-corrected chi connectivity index (χ4v) is 6.33. The Morgan fingerprint density at radius 3 is 1.86 bits per heavy atom. The number of nitrogens with zero attached hydrogens (tertiary/aromatic N) is 4. The summed E-state index contributed by atoms with van der Waals surface area (Å²) in [5, 5.41) is 16.3. The Morgan fingerprint density at radius 2 is 1.31 bits per heavy atom. The Morgan fingerprint density at radius 1 is 0.762 bits per heavy atom. The van der Waals surface area contributed by atoms with Crippen LogP contribution in [0.25, 0.3) is 0 Å². The van der Waals surface area contributed by atoms with Crippen molar-refractivity contribution in [2.75, 3.05) is 36.0 Å². The van der Waals surface area contributed by atoms with Crippen molar-refractivity contribution in [3.05, 3.63) is 113 Å². The molecule has 0 aliphatic carbocycles. The van der Waals surface area contributed by atoms with E-state index in [1.807, 2.05) is 24.3 Å². The standard InChI is InChI=1S/C35H36N4O3/c1-5-37(6-2)25-15-19-30-32(21-25)42-33-22-26(38(7-3)8-4)16-20-31(33)35(30)29-12-10-9-11-28(29)34(41)39(35)36-23-24-13-17-27(40)18-14-24/h9-23,40H,5-8H2,1-4H3/b36-23+. The van der Waals surface area contributed by atoms with E-state index in [0.717, 1.165) is 59.8 Å². The van der Waals surface area contributed by atoms with Crippen LogP contribution in [0.3, 0.4) is 0 Å². The van der Waals surface area contributed by atoms with Crippen LogP contribution in [0.2, 0.25) is 0 Å². The molecule has 0 bridgehead atoms. The van der Waals surface area contributed by atoms with Gasteiger partial charge in [-0.1, -0.05) is 30.3 Å². The zero-order valence-electron chi connectivity index (χ0n) is 24.5. The van der Waals surface area contributed by atoms with Gasteiger partial charge in [0, 0.05) is 71.9 Å². The number of hydrazone groups is 1. The number of anilines is 2. The molecule has 1 amide bonds. The maximum Gasteiger partial charge on any atom is 0.275 e. The molecule has 0 saturated carbocycles. The lowest BCUT2D eigenvalue weighted by atomic mass is 9.75. The summed E-state index contributed by atoms with van der Waals surface area (Å²) in [5.74, 6) is 1.41. The van der Waals surface area contributed by atoms with Gasteiger partial charge in [0.05, 0.1) is 6.21 Å². The fourth-order valence-electron chi connectivity index (χ4n) is 6.33. The number of carbonyl (C=O) groups is 1. The van der Waals surface area contributed by atoms with Gasteiger partial charge in [-0.05, 0) is 75.7 Å². The van der Waals surface area contributed by atoms with E-state index >= 15 is 0 Å². The number of benzene rings is 4. The van der Waals surface area contributed by atoms with Gasteiger partial charge < -0.3 is 19.6 Å². The first kappa shape index (κ1) is 27.4. The Hall–Kier alpha value is -4.78. The topological polar surface area (TPSA) is 68.6 Å². The predicted octanol–water partition coefficient (Wildman–Crippen LogP) is 6.97. The first-order valence-corrected chi connectivity index (χ1v) is 14.7. The Labute approximate surface area is 247 Å². The van der Waals surface area contributed by atoms with E-state index in [1.54, 1.807) is 35.5 Å². The van der Waals surface area contributed by atoms with Crippen molar-refractivity contribution in [3.63, 3.8) is 0 Å². The number of carbonyl (C=O) groups excluding carboxylic acids is 1. The quantitative estimate of drug-likeness (QED) is 0.236. The summed E-state index contributed by atoms with van der Waals surface area (Å²) in [6, 6.07) is 27.1. The van der Waals surface area contributed by atoms with E-state index in [-0.39, 0.29) is 11.7 Å². The maximum atomic E-state index is 14.2. The maximum absolute atomic E-state index is 14.2. The molecule has 2 aliphatic heterocycles. The second-order valence-corrected chi connectivity index (χ2v) is 10.5. The predicted molar refractivity (Wildman–Crippen MR) is 168 cm³/mol. The zero-order chi connectivity index (χ0) is 29.4. The highest BCUT2D eigenvalue weighted by molar-refractivity contribution is 6.03. The minimum absolute atomic E-state index is 0.175. The number of hydrogen-bond acceptors (Lipinski definition) is 6. The summed E-state index contributed by atoms with van der Waals surface area (Å²) < 4.78 is 6.73. The van der Waals surface area contributed by atoms with Crippen LogP contribution < -0.4 is 14.5 Å². The van der Waals surface area contributed by atoms with E-state index in [4.69, 9.17) is 9.84 Å². The number of aromatic hydroxyl groups is 1. The number of amides is 1. The largest absolute Gasteiger partial charge is 0.508 e. The molecule has 0 saturated heterocycles. The smallest absolute Gasteiger partial charge is 0.275 e. The number of rotatable bonds is 8. The summed E-state index contributed by atoms with van der Waals surface area (Å²) in [6.45, 7) is 12.0. The van der Waals surface area contributed by atoms with Crippen molar-refractivity contribution >= 4 is 23.5 Å². The molecule has 2 aliphatic rings.